The standard InChI is InChI=1S/C10H3Br4NO3/c11-5-4-2(16)1-3(17)10(18)15-9(4)8(14)7(13)6(5)12/h1,16H,(H,15,17,18). The summed E-state index contributed by atoms with van der Waals surface area (Å²) in [6, 6.07) is 0.888. The van der Waals surface area contributed by atoms with Gasteiger partial charge in [0, 0.05) is 19.5 Å². The zero-order chi connectivity index (χ0) is 13.6. The normalized spacial score (nSPS) is 10.9. The molecule has 0 aliphatic heterocycles. The molecule has 2 N–H and O–H groups in total. The number of halogens is 4. The minimum absolute atomic E-state index is 0.283. The van der Waals surface area contributed by atoms with Gasteiger partial charge in [0.1, 0.15) is 5.75 Å². The van der Waals surface area contributed by atoms with Crippen molar-refractivity contribution < 1.29 is 5.11 Å². The van der Waals surface area contributed by atoms with E-state index in [4.69, 9.17) is 0 Å². The van der Waals surface area contributed by atoms with Crippen LogP contribution >= 0.6 is 63.7 Å². The summed E-state index contributed by atoms with van der Waals surface area (Å²) in [7, 11) is 0. The van der Waals surface area contributed by atoms with Crippen LogP contribution in [0.3, 0.4) is 0 Å². The maximum Gasteiger partial charge on any atom is 0.296 e. The average molecular weight is 505 g/mol. The molecule has 0 radical (unpaired) electrons. The van der Waals surface area contributed by atoms with Crippen LogP contribution in [0.1, 0.15) is 0 Å². The molecule has 0 amide bonds. The Hall–Kier alpha value is -0.180. The van der Waals surface area contributed by atoms with E-state index in [9.17, 15) is 14.7 Å². The van der Waals surface area contributed by atoms with Crippen LogP contribution in [-0.2, 0) is 0 Å². The van der Waals surface area contributed by atoms with E-state index >= 15 is 0 Å². The third-order valence-electron chi connectivity index (χ3n) is 2.25. The molecule has 18 heavy (non-hydrogen) atoms. The molecule has 94 valence electrons. The van der Waals surface area contributed by atoms with Crippen LogP contribution in [0.15, 0.2) is 33.5 Å². The number of nitrogens with one attached hydrogen (secondary N) is 1. The van der Waals surface area contributed by atoms with Gasteiger partial charge in [0.2, 0.25) is 5.43 Å². The Morgan fingerprint density at radius 3 is 2.11 bits per heavy atom. The quantitative estimate of drug-likeness (QED) is 0.327. The second-order valence-corrected chi connectivity index (χ2v) is 6.53. The van der Waals surface area contributed by atoms with Crippen LogP contribution in [0.2, 0.25) is 0 Å². The highest BCUT2D eigenvalue weighted by Gasteiger charge is 2.16. The molecule has 0 fully saturated rings. The molecule has 0 unspecified atom stereocenters. The largest absolute Gasteiger partial charge is 0.507 e. The van der Waals surface area contributed by atoms with Crippen molar-refractivity contribution in [3.8, 4) is 5.75 Å². The van der Waals surface area contributed by atoms with Crippen LogP contribution in [0.5, 0.6) is 5.75 Å². The summed E-state index contributed by atoms with van der Waals surface area (Å²) < 4.78 is 2.35. The summed E-state index contributed by atoms with van der Waals surface area (Å²) in [4.78, 5) is 25.3. The van der Waals surface area contributed by atoms with Gasteiger partial charge in [-0.15, -0.1) is 0 Å². The lowest BCUT2D eigenvalue weighted by Crippen LogP contribution is -2.22. The Morgan fingerprint density at radius 1 is 0.944 bits per heavy atom. The number of rotatable bonds is 0. The van der Waals surface area contributed by atoms with Gasteiger partial charge in [0.15, 0.2) is 0 Å². The second-order valence-electron chi connectivity index (χ2n) is 3.35. The van der Waals surface area contributed by atoms with Crippen molar-refractivity contribution in [1.29, 1.82) is 0 Å². The predicted octanol–water partition coefficient (Wildman–Crippen LogP) is 3.64. The Labute approximate surface area is 134 Å². The van der Waals surface area contributed by atoms with Gasteiger partial charge < -0.3 is 10.1 Å². The van der Waals surface area contributed by atoms with Crippen LogP contribution in [-0.4, -0.2) is 10.1 Å². The van der Waals surface area contributed by atoms with E-state index in [1.165, 1.54) is 0 Å². The summed E-state index contributed by atoms with van der Waals surface area (Å²) in [5.74, 6) is -0.283. The average Bonchev–Trinajstić information content (AvgIpc) is 2.42. The topological polar surface area (TPSA) is 70.2 Å². The molecule has 1 heterocycles. The highest BCUT2D eigenvalue weighted by Crippen LogP contribution is 2.44. The zero-order valence-electron chi connectivity index (χ0n) is 8.35. The number of H-pyrrole nitrogens is 1. The molecule has 0 atom stereocenters. The highest BCUT2D eigenvalue weighted by molar-refractivity contribution is 9.15. The van der Waals surface area contributed by atoms with Gasteiger partial charge in [-0.3, -0.25) is 9.59 Å². The molecule has 0 saturated heterocycles. The fraction of sp³-hybridized carbons (Fsp3) is 0. The Kier molecular flexibility index (Phi) is 4.01. The fourth-order valence-corrected chi connectivity index (χ4v) is 3.85. The first-order valence-corrected chi connectivity index (χ1v) is 7.64. The van der Waals surface area contributed by atoms with Crippen LogP contribution in [0.4, 0.5) is 0 Å². The molecular formula is C10H3Br4NO3. The first-order valence-electron chi connectivity index (χ1n) is 4.47. The molecule has 4 nitrogen and oxygen atoms in total. The molecule has 0 bridgehead atoms. The maximum absolute atomic E-state index is 11.5. The van der Waals surface area contributed by atoms with Crippen molar-refractivity contribution in [3.05, 3.63) is 44.5 Å². The summed E-state index contributed by atoms with van der Waals surface area (Å²) in [5.41, 5.74) is -1.29. The van der Waals surface area contributed by atoms with Gasteiger partial charge in [-0.05, 0) is 63.7 Å². The minimum Gasteiger partial charge on any atom is -0.507 e. The summed E-state index contributed by atoms with van der Waals surface area (Å²) in [6.45, 7) is 0. The summed E-state index contributed by atoms with van der Waals surface area (Å²) in [5, 5.41) is 10.2. The highest BCUT2D eigenvalue weighted by atomic mass is 79.9. The van der Waals surface area contributed by atoms with Gasteiger partial charge in [-0.1, -0.05) is 0 Å². The first kappa shape index (κ1) is 14.2. The smallest absolute Gasteiger partial charge is 0.296 e. The first-order chi connectivity index (χ1) is 8.34. The zero-order valence-corrected chi connectivity index (χ0v) is 14.7. The molecule has 1 aromatic heterocycles. The van der Waals surface area contributed by atoms with E-state index < -0.39 is 11.0 Å². The monoisotopic (exact) mass is 501 g/mol. The van der Waals surface area contributed by atoms with Gasteiger partial charge in [0.05, 0.1) is 15.4 Å². The van der Waals surface area contributed by atoms with E-state index in [0.717, 1.165) is 6.07 Å². The third-order valence-corrected chi connectivity index (χ3v) is 7.02. The number of aromatic nitrogens is 1. The van der Waals surface area contributed by atoms with Gasteiger partial charge in [-0.2, -0.15) is 0 Å². The molecule has 1 aromatic carbocycles. The lowest BCUT2D eigenvalue weighted by molar-refractivity contribution is 0.481. The number of aromatic hydroxyl groups is 1. The molecule has 2 aromatic rings. The second kappa shape index (κ2) is 5.07. The molecule has 8 heteroatoms. The SMILES string of the molecule is O=c1cc(O)c2c(Br)c(Br)c(Br)c(Br)c2[nH]c1=O. The van der Waals surface area contributed by atoms with E-state index in [2.05, 4.69) is 68.7 Å². The lowest BCUT2D eigenvalue weighted by atomic mass is 10.2. The van der Waals surface area contributed by atoms with E-state index in [0.29, 0.717) is 28.8 Å². The van der Waals surface area contributed by atoms with Crippen molar-refractivity contribution >= 4 is 74.6 Å². The van der Waals surface area contributed by atoms with E-state index in [1.54, 1.807) is 0 Å². The number of hydrogen-bond acceptors (Lipinski definition) is 3. The number of aromatic amines is 1. The molecule has 0 aliphatic carbocycles. The summed E-state index contributed by atoms with van der Waals surface area (Å²) in [6.07, 6.45) is 0. The summed E-state index contributed by atoms with van der Waals surface area (Å²) >= 11 is 13.3. The number of hydrogen-bond donors (Lipinski definition) is 2. The number of fused-ring (bicyclic) bond motifs is 1. The van der Waals surface area contributed by atoms with Crippen molar-refractivity contribution in [1.82, 2.24) is 4.98 Å². The van der Waals surface area contributed by atoms with Crippen molar-refractivity contribution in [2.75, 3.05) is 0 Å². The van der Waals surface area contributed by atoms with Crippen LogP contribution in [0.25, 0.3) is 10.9 Å². The Morgan fingerprint density at radius 2 is 1.50 bits per heavy atom. The fourth-order valence-electron chi connectivity index (χ4n) is 1.43. The molecule has 0 saturated carbocycles. The minimum atomic E-state index is -0.810. The van der Waals surface area contributed by atoms with Crippen LogP contribution < -0.4 is 11.0 Å². The molecule has 2 rings (SSSR count). The van der Waals surface area contributed by atoms with Crippen molar-refractivity contribution in [2.45, 2.75) is 0 Å². The lowest BCUT2D eigenvalue weighted by Gasteiger charge is -2.07. The van der Waals surface area contributed by atoms with Gasteiger partial charge >= 0.3 is 0 Å². The van der Waals surface area contributed by atoms with E-state index in [1.807, 2.05) is 0 Å². The molecule has 0 aliphatic rings. The Balaban J connectivity index is 3.28. The van der Waals surface area contributed by atoms with Gasteiger partial charge in [-0.25, -0.2) is 0 Å². The van der Waals surface area contributed by atoms with E-state index in [-0.39, 0.29) is 5.75 Å². The number of benzene rings is 1. The van der Waals surface area contributed by atoms with Crippen LogP contribution in [0, 0.1) is 0 Å². The van der Waals surface area contributed by atoms with Gasteiger partial charge in [0.25, 0.3) is 5.56 Å². The molecular weight excluding hydrogens is 502 g/mol. The van der Waals surface area contributed by atoms with Crippen molar-refractivity contribution in [3.63, 3.8) is 0 Å². The van der Waals surface area contributed by atoms with Crippen molar-refractivity contribution in [2.24, 2.45) is 0 Å². The maximum atomic E-state index is 11.5. The predicted molar refractivity (Wildman–Crippen MR) is 83.3 cm³/mol. The Bertz CT molecular complexity index is 785. The third kappa shape index (κ3) is 2.19. The molecule has 0 spiro atoms.